The Kier molecular flexibility index (Phi) is 7.09. The van der Waals surface area contributed by atoms with Gasteiger partial charge in [-0.2, -0.15) is 0 Å². The number of amides is 1. The number of aliphatic hydroxyl groups is 2. The van der Waals surface area contributed by atoms with Crippen LogP contribution < -0.4 is 10.1 Å². The first-order valence-corrected chi connectivity index (χ1v) is 8.05. The number of carbonyl (C=O) groups excluding carboxylic acids is 1. The number of rotatable bonds is 8. The normalized spacial score (nSPS) is 12.7. The number of aliphatic hydroxyl groups excluding tert-OH is 2. The van der Waals surface area contributed by atoms with Gasteiger partial charge in [-0.25, -0.2) is 4.79 Å². The molecule has 144 valence electrons. The second-order valence-electron chi connectivity index (χ2n) is 5.64. The number of carbonyl (C=O) groups is 1. The van der Waals surface area contributed by atoms with Crippen LogP contribution in [0.3, 0.4) is 0 Å². The van der Waals surface area contributed by atoms with Gasteiger partial charge in [-0.1, -0.05) is 30.3 Å². The Hall–Kier alpha value is -3.17. The lowest BCUT2D eigenvalue weighted by Gasteiger charge is -2.20. The van der Waals surface area contributed by atoms with Crippen LogP contribution in [-0.2, 0) is 11.3 Å². The zero-order chi connectivity index (χ0) is 19.8. The maximum absolute atomic E-state index is 11.7. The number of nitrogens with zero attached hydrogens (tertiary/aromatic N) is 1. The van der Waals surface area contributed by atoms with E-state index < -0.39 is 23.2 Å². The molecule has 0 aliphatic heterocycles. The van der Waals surface area contributed by atoms with Gasteiger partial charge in [0, 0.05) is 18.2 Å². The molecule has 0 fully saturated rings. The van der Waals surface area contributed by atoms with E-state index in [-0.39, 0.29) is 30.2 Å². The smallest absolute Gasteiger partial charge is 0.407 e. The molecule has 2 unspecified atom stereocenters. The molecular weight excluding hydrogens is 356 g/mol. The highest BCUT2D eigenvalue weighted by Crippen LogP contribution is 2.30. The number of nitro benzene ring substituents is 1. The van der Waals surface area contributed by atoms with E-state index in [0.717, 1.165) is 11.6 Å². The molecular formula is C18H20N2O7. The van der Waals surface area contributed by atoms with E-state index in [2.05, 4.69) is 5.32 Å². The summed E-state index contributed by atoms with van der Waals surface area (Å²) in [7, 11) is 1.29. The van der Waals surface area contributed by atoms with Gasteiger partial charge in [0.15, 0.2) is 0 Å². The number of nitro groups is 1. The van der Waals surface area contributed by atoms with Crippen molar-refractivity contribution in [2.75, 3.05) is 13.7 Å². The van der Waals surface area contributed by atoms with Crippen LogP contribution in [0.15, 0.2) is 48.5 Å². The third-order valence-corrected chi connectivity index (χ3v) is 3.78. The van der Waals surface area contributed by atoms with Crippen LogP contribution in [0.2, 0.25) is 0 Å². The standard InChI is InChI=1S/C18H20N2O7/c1-26-16-9-13(20(24)25)7-8-14(16)17(22)15(21)10-19-18(23)27-11-12-5-3-2-4-6-12/h2-9,15,17,21-22H,10-11H2,1H3,(H,19,23). The molecule has 0 aliphatic rings. The molecule has 1 amide bonds. The summed E-state index contributed by atoms with van der Waals surface area (Å²) in [5.41, 5.74) is 0.763. The Morgan fingerprint density at radius 1 is 1.22 bits per heavy atom. The number of nitrogens with one attached hydrogen (secondary N) is 1. The quantitative estimate of drug-likeness (QED) is 0.474. The average molecular weight is 376 g/mol. The van der Waals surface area contributed by atoms with Crippen molar-refractivity contribution in [1.29, 1.82) is 0 Å². The molecule has 0 saturated heterocycles. The lowest BCUT2D eigenvalue weighted by Crippen LogP contribution is -2.35. The van der Waals surface area contributed by atoms with E-state index in [1.807, 2.05) is 18.2 Å². The summed E-state index contributed by atoms with van der Waals surface area (Å²) in [6.07, 6.45) is -3.54. The number of benzene rings is 2. The van der Waals surface area contributed by atoms with Crippen LogP contribution in [0, 0.1) is 10.1 Å². The molecule has 3 N–H and O–H groups in total. The Morgan fingerprint density at radius 2 is 1.93 bits per heavy atom. The molecule has 2 aromatic carbocycles. The fraction of sp³-hybridized carbons (Fsp3) is 0.278. The zero-order valence-electron chi connectivity index (χ0n) is 14.6. The highest BCUT2D eigenvalue weighted by Gasteiger charge is 2.24. The van der Waals surface area contributed by atoms with Gasteiger partial charge in [0.2, 0.25) is 0 Å². The minimum Gasteiger partial charge on any atom is -0.496 e. The number of non-ortho nitro benzene ring substituents is 1. The minimum absolute atomic E-state index is 0.0578. The summed E-state index contributed by atoms with van der Waals surface area (Å²) < 4.78 is 10.0. The fourth-order valence-corrected chi connectivity index (χ4v) is 2.34. The molecule has 0 spiro atoms. The van der Waals surface area contributed by atoms with E-state index in [1.54, 1.807) is 12.1 Å². The van der Waals surface area contributed by atoms with Crippen LogP contribution in [0.1, 0.15) is 17.2 Å². The van der Waals surface area contributed by atoms with E-state index in [0.29, 0.717) is 0 Å². The van der Waals surface area contributed by atoms with E-state index >= 15 is 0 Å². The van der Waals surface area contributed by atoms with Crippen LogP contribution in [0.25, 0.3) is 0 Å². The van der Waals surface area contributed by atoms with E-state index in [9.17, 15) is 25.1 Å². The summed E-state index contributed by atoms with van der Waals surface area (Å²) in [6.45, 7) is -0.212. The van der Waals surface area contributed by atoms with Crippen molar-refractivity contribution in [3.05, 3.63) is 69.8 Å². The number of hydrogen-bond acceptors (Lipinski definition) is 7. The van der Waals surface area contributed by atoms with Gasteiger partial charge in [0.1, 0.15) is 24.6 Å². The third kappa shape index (κ3) is 5.66. The van der Waals surface area contributed by atoms with Crippen molar-refractivity contribution < 1.29 is 29.4 Å². The predicted octanol–water partition coefficient (Wildman–Crippen LogP) is 1.92. The van der Waals surface area contributed by atoms with Crippen molar-refractivity contribution in [2.24, 2.45) is 0 Å². The minimum atomic E-state index is -1.42. The molecule has 0 heterocycles. The highest BCUT2D eigenvalue weighted by atomic mass is 16.6. The molecule has 0 aliphatic carbocycles. The molecule has 2 rings (SSSR count). The van der Waals surface area contributed by atoms with Crippen molar-refractivity contribution in [2.45, 2.75) is 18.8 Å². The van der Waals surface area contributed by atoms with Crippen molar-refractivity contribution in [3.8, 4) is 5.75 Å². The van der Waals surface area contributed by atoms with Crippen molar-refractivity contribution in [1.82, 2.24) is 5.32 Å². The van der Waals surface area contributed by atoms with Crippen LogP contribution >= 0.6 is 0 Å². The predicted molar refractivity (Wildman–Crippen MR) is 95.2 cm³/mol. The first-order valence-electron chi connectivity index (χ1n) is 8.05. The van der Waals surface area contributed by atoms with Gasteiger partial charge in [-0.05, 0) is 11.6 Å². The van der Waals surface area contributed by atoms with Gasteiger partial charge in [0.05, 0.1) is 18.1 Å². The second-order valence-corrected chi connectivity index (χ2v) is 5.64. The Morgan fingerprint density at radius 3 is 2.56 bits per heavy atom. The lowest BCUT2D eigenvalue weighted by molar-refractivity contribution is -0.385. The maximum atomic E-state index is 11.7. The van der Waals surface area contributed by atoms with Crippen LogP contribution in [0.5, 0.6) is 5.75 Å². The monoisotopic (exact) mass is 376 g/mol. The van der Waals surface area contributed by atoms with Gasteiger partial charge >= 0.3 is 6.09 Å². The number of ether oxygens (including phenoxy) is 2. The topological polar surface area (TPSA) is 131 Å². The number of hydrogen-bond donors (Lipinski definition) is 3. The number of alkyl carbamates (subject to hydrolysis) is 1. The van der Waals surface area contributed by atoms with Crippen molar-refractivity contribution >= 4 is 11.8 Å². The first-order chi connectivity index (χ1) is 12.9. The summed E-state index contributed by atoms with van der Waals surface area (Å²) >= 11 is 0. The molecule has 0 saturated carbocycles. The fourth-order valence-electron chi connectivity index (χ4n) is 2.34. The largest absolute Gasteiger partial charge is 0.496 e. The molecule has 2 aromatic rings. The highest BCUT2D eigenvalue weighted by molar-refractivity contribution is 5.67. The Labute approximate surface area is 155 Å². The number of methoxy groups -OCH3 is 1. The first kappa shape index (κ1) is 20.1. The molecule has 0 aromatic heterocycles. The summed E-state index contributed by atoms with van der Waals surface area (Å²) in [6, 6.07) is 12.7. The Balaban J connectivity index is 1.90. The molecule has 0 radical (unpaired) electrons. The molecule has 9 nitrogen and oxygen atoms in total. The molecule has 2 atom stereocenters. The van der Waals surface area contributed by atoms with Crippen LogP contribution in [0.4, 0.5) is 10.5 Å². The van der Waals surface area contributed by atoms with Gasteiger partial charge < -0.3 is 25.0 Å². The molecule has 27 heavy (non-hydrogen) atoms. The summed E-state index contributed by atoms with van der Waals surface area (Å²) in [5, 5.41) is 33.5. The van der Waals surface area contributed by atoms with E-state index in [1.165, 1.54) is 19.2 Å². The SMILES string of the molecule is COc1cc([N+](=O)[O-])ccc1C(O)C(O)CNC(=O)OCc1ccccc1. The van der Waals surface area contributed by atoms with Crippen molar-refractivity contribution in [3.63, 3.8) is 0 Å². The molecule has 0 bridgehead atoms. The maximum Gasteiger partial charge on any atom is 0.407 e. The van der Waals surface area contributed by atoms with Crippen LogP contribution in [-0.4, -0.2) is 41.0 Å². The lowest BCUT2D eigenvalue weighted by atomic mass is 10.0. The van der Waals surface area contributed by atoms with Gasteiger partial charge in [-0.15, -0.1) is 0 Å². The zero-order valence-corrected chi connectivity index (χ0v) is 14.6. The summed E-state index contributed by atoms with van der Waals surface area (Å²) in [5.74, 6) is 0.0578. The second kappa shape index (κ2) is 9.51. The van der Waals surface area contributed by atoms with Gasteiger partial charge in [0.25, 0.3) is 5.69 Å². The summed E-state index contributed by atoms with van der Waals surface area (Å²) in [4.78, 5) is 21.9. The Bertz CT molecular complexity index is 783. The molecule has 9 heteroatoms. The average Bonchev–Trinajstić information content (AvgIpc) is 2.70. The van der Waals surface area contributed by atoms with Gasteiger partial charge in [-0.3, -0.25) is 10.1 Å². The third-order valence-electron chi connectivity index (χ3n) is 3.78. The van der Waals surface area contributed by atoms with E-state index in [4.69, 9.17) is 9.47 Å².